The van der Waals surface area contributed by atoms with Crippen molar-refractivity contribution in [3.63, 3.8) is 0 Å². The fourth-order valence-electron chi connectivity index (χ4n) is 2.52. The van der Waals surface area contributed by atoms with Gasteiger partial charge in [0.05, 0.1) is 5.69 Å². The first-order chi connectivity index (χ1) is 12.2. The molecule has 0 unspecified atom stereocenters. The lowest BCUT2D eigenvalue weighted by atomic mass is 10.2. The number of rotatable bonds is 5. The van der Waals surface area contributed by atoms with Crippen molar-refractivity contribution < 1.29 is 0 Å². The topological polar surface area (TPSA) is 77.1 Å². The molecule has 3 aromatic heterocycles. The van der Waals surface area contributed by atoms with Gasteiger partial charge in [-0.15, -0.1) is 5.10 Å². The van der Waals surface area contributed by atoms with E-state index in [4.69, 9.17) is 0 Å². The average molecular weight is 352 g/mol. The number of aromatic nitrogens is 5. The molecule has 25 heavy (non-hydrogen) atoms. The first kappa shape index (κ1) is 15.5. The zero-order valence-electron chi connectivity index (χ0n) is 13.6. The monoisotopic (exact) mass is 352 g/mol. The summed E-state index contributed by atoms with van der Waals surface area (Å²) in [6, 6.07) is 11.5. The van der Waals surface area contributed by atoms with E-state index < -0.39 is 0 Å². The summed E-state index contributed by atoms with van der Waals surface area (Å²) < 4.78 is 3.16. The van der Waals surface area contributed by atoms with Gasteiger partial charge in [-0.25, -0.2) is 9.67 Å². The standard InChI is InChI=1S/C17H16N6OS/c1-2-13-10-15(24)23-17(20-13)25-16(21-23)18-11-12-5-3-6-14(9-12)22-8-4-7-19-22/h3-10H,2,11H2,1H3,(H,18,21). The molecule has 0 fully saturated rings. The van der Waals surface area contributed by atoms with Gasteiger partial charge in [0.15, 0.2) is 0 Å². The number of fused-ring (bicyclic) bond motifs is 1. The minimum Gasteiger partial charge on any atom is -0.356 e. The zero-order chi connectivity index (χ0) is 17.2. The van der Waals surface area contributed by atoms with Crippen LogP contribution in [0.2, 0.25) is 0 Å². The van der Waals surface area contributed by atoms with Crippen molar-refractivity contribution in [2.45, 2.75) is 19.9 Å². The van der Waals surface area contributed by atoms with E-state index in [1.54, 1.807) is 6.20 Å². The third kappa shape index (κ3) is 3.16. The second-order valence-electron chi connectivity index (χ2n) is 5.51. The van der Waals surface area contributed by atoms with Gasteiger partial charge in [0.2, 0.25) is 10.1 Å². The Bertz CT molecular complexity index is 1070. The number of hydrogen-bond donors (Lipinski definition) is 1. The van der Waals surface area contributed by atoms with E-state index in [0.717, 1.165) is 23.4 Å². The van der Waals surface area contributed by atoms with Crippen molar-refractivity contribution >= 4 is 21.4 Å². The quantitative estimate of drug-likeness (QED) is 0.597. The fraction of sp³-hybridized carbons (Fsp3) is 0.176. The first-order valence-electron chi connectivity index (χ1n) is 7.95. The highest BCUT2D eigenvalue weighted by molar-refractivity contribution is 7.20. The van der Waals surface area contributed by atoms with Crippen molar-refractivity contribution in [1.29, 1.82) is 0 Å². The van der Waals surface area contributed by atoms with Gasteiger partial charge in [0.25, 0.3) is 5.56 Å². The van der Waals surface area contributed by atoms with Crippen LogP contribution in [0.15, 0.2) is 53.6 Å². The van der Waals surface area contributed by atoms with Crippen molar-refractivity contribution in [3.8, 4) is 5.69 Å². The van der Waals surface area contributed by atoms with Crippen LogP contribution in [0.5, 0.6) is 0 Å². The van der Waals surface area contributed by atoms with E-state index in [2.05, 4.69) is 26.6 Å². The molecule has 0 spiro atoms. The Labute approximate surface area is 147 Å². The molecule has 0 aliphatic rings. The molecular weight excluding hydrogens is 336 g/mol. The van der Waals surface area contributed by atoms with E-state index in [-0.39, 0.29) is 5.56 Å². The number of aryl methyl sites for hydroxylation is 1. The molecular formula is C17H16N6OS. The Kier molecular flexibility index (Phi) is 4.02. The summed E-state index contributed by atoms with van der Waals surface area (Å²) in [5, 5.41) is 12.5. The molecule has 8 heteroatoms. The summed E-state index contributed by atoms with van der Waals surface area (Å²) in [5.41, 5.74) is 2.74. The molecule has 1 aromatic carbocycles. The summed E-state index contributed by atoms with van der Waals surface area (Å²) in [4.78, 5) is 17.1. The second kappa shape index (κ2) is 6.48. The smallest absolute Gasteiger partial charge is 0.275 e. The lowest BCUT2D eigenvalue weighted by Crippen LogP contribution is -2.15. The summed E-state index contributed by atoms with van der Waals surface area (Å²) in [6.07, 6.45) is 4.39. The van der Waals surface area contributed by atoms with Gasteiger partial charge in [-0.1, -0.05) is 30.4 Å². The molecule has 0 radical (unpaired) electrons. The largest absolute Gasteiger partial charge is 0.356 e. The van der Waals surface area contributed by atoms with Crippen molar-refractivity contribution in [3.05, 3.63) is 70.4 Å². The van der Waals surface area contributed by atoms with Gasteiger partial charge in [-0.05, 0) is 30.2 Å². The van der Waals surface area contributed by atoms with Crippen LogP contribution in [0.1, 0.15) is 18.2 Å². The summed E-state index contributed by atoms with van der Waals surface area (Å²) >= 11 is 1.37. The normalized spacial score (nSPS) is 11.1. The highest BCUT2D eigenvalue weighted by Crippen LogP contribution is 2.18. The molecule has 0 amide bonds. The number of benzene rings is 1. The molecule has 4 aromatic rings. The predicted octanol–water partition coefficient (Wildman–Crippen LogP) is 2.51. The van der Waals surface area contributed by atoms with Gasteiger partial charge in [-0.2, -0.15) is 9.61 Å². The van der Waals surface area contributed by atoms with Crippen LogP contribution >= 0.6 is 11.3 Å². The van der Waals surface area contributed by atoms with Crippen molar-refractivity contribution in [2.75, 3.05) is 5.32 Å². The molecule has 0 saturated carbocycles. The molecule has 0 saturated heterocycles. The molecule has 0 atom stereocenters. The van der Waals surface area contributed by atoms with Crippen molar-refractivity contribution in [1.82, 2.24) is 24.4 Å². The van der Waals surface area contributed by atoms with Crippen LogP contribution in [0, 0.1) is 0 Å². The molecule has 7 nitrogen and oxygen atoms in total. The number of anilines is 1. The molecule has 1 N–H and O–H groups in total. The second-order valence-corrected chi connectivity index (χ2v) is 6.47. The predicted molar refractivity (Wildman–Crippen MR) is 97.4 cm³/mol. The van der Waals surface area contributed by atoms with E-state index >= 15 is 0 Å². The molecule has 0 bridgehead atoms. The fourth-order valence-corrected chi connectivity index (χ4v) is 3.34. The highest BCUT2D eigenvalue weighted by atomic mass is 32.1. The Morgan fingerprint density at radius 2 is 2.16 bits per heavy atom. The average Bonchev–Trinajstić information content (AvgIpc) is 3.30. The summed E-state index contributed by atoms with van der Waals surface area (Å²) in [7, 11) is 0. The Morgan fingerprint density at radius 1 is 1.24 bits per heavy atom. The van der Waals surface area contributed by atoms with E-state index in [1.165, 1.54) is 21.9 Å². The van der Waals surface area contributed by atoms with Crippen LogP contribution in [-0.2, 0) is 13.0 Å². The maximum atomic E-state index is 12.1. The van der Waals surface area contributed by atoms with Gasteiger partial charge in [0, 0.05) is 30.7 Å². The van der Waals surface area contributed by atoms with Gasteiger partial charge in [-0.3, -0.25) is 4.79 Å². The summed E-state index contributed by atoms with van der Waals surface area (Å²) in [5.74, 6) is 0. The van der Waals surface area contributed by atoms with Crippen LogP contribution in [-0.4, -0.2) is 24.4 Å². The van der Waals surface area contributed by atoms with Crippen LogP contribution in [0.4, 0.5) is 5.13 Å². The maximum absolute atomic E-state index is 12.1. The molecule has 126 valence electrons. The zero-order valence-corrected chi connectivity index (χ0v) is 14.4. The lowest BCUT2D eigenvalue weighted by molar-refractivity contribution is 0.871. The first-order valence-corrected chi connectivity index (χ1v) is 8.77. The SMILES string of the molecule is CCc1cc(=O)n2nc(NCc3cccc(-n4cccn4)c3)sc2n1. The molecule has 0 aliphatic carbocycles. The molecule has 0 aliphatic heterocycles. The van der Waals surface area contributed by atoms with Gasteiger partial charge >= 0.3 is 0 Å². The minimum absolute atomic E-state index is 0.146. The van der Waals surface area contributed by atoms with Gasteiger partial charge in [0.1, 0.15) is 0 Å². The summed E-state index contributed by atoms with van der Waals surface area (Å²) in [6.45, 7) is 2.58. The van der Waals surface area contributed by atoms with Gasteiger partial charge < -0.3 is 5.32 Å². The van der Waals surface area contributed by atoms with E-state index in [1.807, 2.05) is 42.1 Å². The number of hydrogen-bond acceptors (Lipinski definition) is 6. The lowest BCUT2D eigenvalue weighted by Gasteiger charge is -2.06. The molecule has 4 rings (SSSR count). The number of nitrogens with one attached hydrogen (secondary N) is 1. The Balaban J connectivity index is 1.55. The Hall–Kier alpha value is -3.00. The van der Waals surface area contributed by atoms with Crippen LogP contribution in [0.25, 0.3) is 10.6 Å². The maximum Gasteiger partial charge on any atom is 0.275 e. The van der Waals surface area contributed by atoms with E-state index in [9.17, 15) is 4.79 Å². The Morgan fingerprint density at radius 3 is 2.96 bits per heavy atom. The van der Waals surface area contributed by atoms with E-state index in [0.29, 0.717) is 16.6 Å². The number of nitrogens with zero attached hydrogens (tertiary/aromatic N) is 5. The minimum atomic E-state index is -0.146. The molecule has 3 heterocycles. The highest BCUT2D eigenvalue weighted by Gasteiger charge is 2.08. The van der Waals surface area contributed by atoms with Crippen molar-refractivity contribution in [2.24, 2.45) is 0 Å². The van der Waals surface area contributed by atoms with Crippen LogP contribution < -0.4 is 10.9 Å². The van der Waals surface area contributed by atoms with Crippen LogP contribution in [0.3, 0.4) is 0 Å². The third-order valence-corrected chi connectivity index (χ3v) is 4.65. The third-order valence-electron chi connectivity index (χ3n) is 3.78.